The van der Waals surface area contributed by atoms with E-state index in [-0.39, 0.29) is 11.9 Å². The molecule has 3 N–H and O–H groups in total. The van der Waals surface area contributed by atoms with Gasteiger partial charge in [0.05, 0.1) is 0 Å². The van der Waals surface area contributed by atoms with Gasteiger partial charge in [0.25, 0.3) is 5.91 Å². The van der Waals surface area contributed by atoms with E-state index in [9.17, 15) is 4.79 Å². The van der Waals surface area contributed by atoms with Crippen LogP contribution < -0.4 is 11.1 Å². The van der Waals surface area contributed by atoms with E-state index >= 15 is 0 Å². The van der Waals surface area contributed by atoms with Gasteiger partial charge in [-0.25, -0.2) is 4.98 Å². The van der Waals surface area contributed by atoms with Crippen molar-refractivity contribution in [2.45, 2.75) is 25.8 Å². The Morgan fingerprint density at radius 2 is 2.21 bits per heavy atom. The summed E-state index contributed by atoms with van der Waals surface area (Å²) in [6.45, 7) is 5.54. The van der Waals surface area contributed by atoms with Crippen LogP contribution >= 0.6 is 0 Å². The second kappa shape index (κ2) is 6.63. The van der Waals surface area contributed by atoms with Crippen LogP contribution in [0.15, 0.2) is 18.2 Å². The zero-order valence-electron chi connectivity index (χ0n) is 11.4. The maximum atomic E-state index is 12.1. The Morgan fingerprint density at radius 3 is 2.84 bits per heavy atom. The number of amides is 1. The molecule has 0 aromatic carbocycles. The number of hydrogen-bond acceptors (Lipinski definition) is 4. The lowest BCUT2D eigenvalue weighted by molar-refractivity contribution is 0.0906. The first-order valence-electron chi connectivity index (χ1n) is 6.86. The number of nitrogens with two attached hydrogens (primary N) is 1. The normalized spacial score (nSPS) is 17.4. The minimum absolute atomic E-state index is 0.0685. The average molecular weight is 262 g/mol. The van der Waals surface area contributed by atoms with Crippen molar-refractivity contribution in [1.29, 1.82) is 0 Å². The average Bonchev–Trinajstić information content (AvgIpc) is 2.41. The lowest BCUT2D eigenvalue weighted by Crippen LogP contribution is -2.45. The van der Waals surface area contributed by atoms with Gasteiger partial charge >= 0.3 is 0 Å². The van der Waals surface area contributed by atoms with Crippen molar-refractivity contribution in [3.8, 4) is 0 Å². The Bertz CT molecular complexity index is 427. The molecule has 104 valence electrons. The zero-order valence-corrected chi connectivity index (χ0v) is 11.4. The van der Waals surface area contributed by atoms with Crippen molar-refractivity contribution < 1.29 is 4.79 Å². The fraction of sp³-hybridized carbons (Fsp3) is 0.571. The summed E-state index contributed by atoms with van der Waals surface area (Å²) in [5.74, 6) is -0.0685. The third kappa shape index (κ3) is 4.01. The van der Waals surface area contributed by atoms with Crippen molar-refractivity contribution in [2.24, 2.45) is 5.73 Å². The molecule has 0 radical (unpaired) electrons. The van der Waals surface area contributed by atoms with Gasteiger partial charge in [-0.1, -0.05) is 6.07 Å². The molecular formula is C14H22N4O. The van der Waals surface area contributed by atoms with E-state index in [1.54, 1.807) is 6.07 Å². The topological polar surface area (TPSA) is 71.2 Å². The Hall–Kier alpha value is -1.46. The summed E-state index contributed by atoms with van der Waals surface area (Å²) in [7, 11) is 0. The summed E-state index contributed by atoms with van der Waals surface area (Å²) in [6.07, 6.45) is 1.97. The highest BCUT2D eigenvalue weighted by Gasteiger charge is 2.20. The van der Waals surface area contributed by atoms with Crippen molar-refractivity contribution in [1.82, 2.24) is 15.2 Å². The predicted octanol–water partition coefficient (Wildman–Crippen LogP) is 0.543. The highest BCUT2D eigenvalue weighted by Crippen LogP contribution is 2.10. The molecular weight excluding hydrogens is 240 g/mol. The van der Waals surface area contributed by atoms with Crippen LogP contribution in [0.1, 0.15) is 29.0 Å². The molecule has 5 nitrogen and oxygen atoms in total. The SMILES string of the molecule is Cc1cccc(C(=O)NC2CCN(CCN)CC2)n1. The van der Waals surface area contributed by atoms with Gasteiger partial charge in [-0.3, -0.25) is 4.79 Å². The van der Waals surface area contributed by atoms with Gasteiger partial charge in [0.2, 0.25) is 0 Å². The van der Waals surface area contributed by atoms with Gasteiger partial charge in [-0.15, -0.1) is 0 Å². The number of pyridine rings is 1. The molecule has 0 aliphatic carbocycles. The van der Waals surface area contributed by atoms with E-state index in [1.807, 2.05) is 19.1 Å². The molecule has 5 heteroatoms. The molecule has 1 aromatic rings. The number of aromatic nitrogens is 1. The number of aryl methyl sites for hydroxylation is 1. The lowest BCUT2D eigenvalue weighted by Gasteiger charge is -2.31. The molecule has 0 atom stereocenters. The van der Waals surface area contributed by atoms with Crippen LogP contribution in [-0.4, -0.2) is 48.0 Å². The van der Waals surface area contributed by atoms with Crippen LogP contribution in [0, 0.1) is 6.92 Å². The highest BCUT2D eigenvalue weighted by molar-refractivity contribution is 5.92. The van der Waals surface area contributed by atoms with Gasteiger partial charge in [-0.2, -0.15) is 0 Å². The summed E-state index contributed by atoms with van der Waals surface area (Å²) >= 11 is 0. The maximum absolute atomic E-state index is 12.1. The van der Waals surface area contributed by atoms with Crippen LogP contribution in [0.5, 0.6) is 0 Å². The Balaban J connectivity index is 1.84. The van der Waals surface area contributed by atoms with Gasteiger partial charge in [0, 0.05) is 37.9 Å². The van der Waals surface area contributed by atoms with E-state index in [0.717, 1.165) is 38.2 Å². The molecule has 1 aliphatic heterocycles. The molecule has 1 fully saturated rings. The maximum Gasteiger partial charge on any atom is 0.270 e. The second-order valence-corrected chi connectivity index (χ2v) is 5.04. The van der Waals surface area contributed by atoms with Crippen LogP contribution in [0.2, 0.25) is 0 Å². The van der Waals surface area contributed by atoms with Crippen molar-refractivity contribution >= 4 is 5.91 Å². The third-order valence-electron chi connectivity index (χ3n) is 3.49. The zero-order chi connectivity index (χ0) is 13.7. The summed E-state index contributed by atoms with van der Waals surface area (Å²) in [5, 5.41) is 3.07. The Morgan fingerprint density at radius 1 is 1.47 bits per heavy atom. The van der Waals surface area contributed by atoms with E-state index in [4.69, 9.17) is 5.73 Å². The highest BCUT2D eigenvalue weighted by atomic mass is 16.1. The van der Waals surface area contributed by atoms with Gasteiger partial charge in [0.1, 0.15) is 5.69 Å². The van der Waals surface area contributed by atoms with Crippen LogP contribution in [0.3, 0.4) is 0 Å². The van der Waals surface area contributed by atoms with Crippen LogP contribution in [0.25, 0.3) is 0 Å². The minimum Gasteiger partial charge on any atom is -0.348 e. The lowest BCUT2D eigenvalue weighted by atomic mass is 10.0. The second-order valence-electron chi connectivity index (χ2n) is 5.04. The molecule has 0 spiro atoms. The van der Waals surface area contributed by atoms with Crippen molar-refractivity contribution in [3.05, 3.63) is 29.6 Å². The Kier molecular flexibility index (Phi) is 4.87. The molecule has 19 heavy (non-hydrogen) atoms. The molecule has 0 saturated carbocycles. The van der Waals surface area contributed by atoms with Gasteiger partial charge < -0.3 is 16.0 Å². The largest absolute Gasteiger partial charge is 0.348 e. The Labute approximate surface area is 114 Å². The number of likely N-dealkylation sites (tertiary alicyclic amines) is 1. The summed E-state index contributed by atoms with van der Waals surface area (Å²) < 4.78 is 0. The number of carbonyl (C=O) groups is 1. The van der Waals surface area contributed by atoms with Gasteiger partial charge in [0.15, 0.2) is 0 Å². The van der Waals surface area contributed by atoms with E-state index < -0.39 is 0 Å². The molecule has 1 amide bonds. The van der Waals surface area contributed by atoms with E-state index in [1.165, 1.54) is 0 Å². The molecule has 1 saturated heterocycles. The molecule has 1 aromatic heterocycles. The minimum atomic E-state index is -0.0685. The fourth-order valence-electron chi connectivity index (χ4n) is 2.41. The fourth-order valence-corrected chi connectivity index (χ4v) is 2.41. The summed E-state index contributed by atoms with van der Waals surface area (Å²) in [6, 6.07) is 5.76. The molecule has 2 rings (SSSR count). The molecule has 1 aliphatic rings. The molecule has 2 heterocycles. The number of nitrogens with one attached hydrogen (secondary N) is 1. The van der Waals surface area contributed by atoms with E-state index in [2.05, 4.69) is 15.2 Å². The number of rotatable bonds is 4. The van der Waals surface area contributed by atoms with Crippen LogP contribution in [0.4, 0.5) is 0 Å². The number of piperidine rings is 1. The quantitative estimate of drug-likeness (QED) is 0.831. The molecule has 0 bridgehead atoms. The number of hydrogen-bond donors (Lipinski definition) is 2. The van der Waals surface area contributed by atoms with E-state index in [0.29, 0.717) is 12.2 Å². The van der Waals surface area contributed by atoms with Crippen molar-refractivity contribution in [3.63, 3.8) is 0 Å². The summed E-state index contributed by atoms with van der Waals surface area (Å²) in [5.41, 5.74) is 6.92. The number of carbonyl (C=O) groups excluding carboxylic acids is 1. The predicted molar refractivity (Wildman–Crippen MR) is 75.0 cm³/mol. The van der Waals surface area contributed by atoms with Crippen LogP contribution in [-0.2, 0) is 0 Å². The first-order valence-corrected chi connectivity index (χ1v) is 6.86. The third-order valence-corrected chi connectivity index (χ3v) is 3.49. The standard InChI is InChI=1S/C14H22N4O/c1-11-3-2-4-13(16-11)14(19)17-12-5-8-18(9-6-12)10-7-15/h2-4,12H,5-10,15H2,1H3,(H,17,19). The van der Waals surface area contributed by atoms with Gasteiger partial charge in [-0.05, 0) is 31.9 Å². The molecule has 0 unspecified atom stereocenters. The van der Waals surface area contributed by atoms with Crippen molar-refractivity contribution in [2.75, 3.05) is 26.2 Å². The summed E-state index contributed by atoms with van der Waals surface area (Å²) in [4.78, 5) is 18.6. The first kappa shape index (κ1) is 14.0. The smallest absolute Gasteiger partial charge is 0.270 e. The first-order chi connectivity index (χ1) is 9.19. The monoisotopic (exact) mass is 262 g/mol. The number of nitrogens with zero attached hydrogens (tertiary/aromatic N) is 2.